The molecule has 1 fully saturated rings. The second-order valence-corrected chi connectivity index (χ2v) is 11.8. The first-order chi connectivity index (χ1) is 18.0. The van der Waals surface area contributed by atoms with Crippen molar-refractivity contribution in [2.24, 2.45) is 0 Å². The summed E-state index contributed by atoms with van der Waals surface area (Å²) in [5.74, 6) is 0.120. The van der Waals surface area contributed by atoms with E-state index in [4.69, 9.17) is 23.8 Å². The molecule has 2 atom stereocenters. The predicted octanol–water partition coefficient (Wildman–Crippen LogP) is 5.40. The van der Waals surface area contributed by atoms with Crippen LogP contribution in [-0.4, -0.2) is 34.4 Å². The van der Waals surface area contributed by atoms with Gasteiger partial charge < -0.3 is 19.9 Å². The molecule has 1 aliphatic rings. The third-order valence-electron chi connectivity index (χ3n) is 6.51. The molecule has 1 aliphatic heterocycles. The number of nitrogens with one attached hydrogen (secondary N) is 2. The number of anilines is 2. The molecule has 0 bridgehead atoms. The largest absolute Gasteiger partial charge is 0.506 e. The lowest BCUT2D eigenvalue weighted by Gasteiger charge is -2.28. The first-order valence-corrected chi connectivity index (χ1v) is 14.5. The van der Waals surface area contributed by atoms with Crippen molar-refractivity contribution in [3.8, 4) is 11.4 Å². The zero-order valence-electron chi connectivity index (χ0n) is 20.9. The van der Waals surface area contributed by atoms with E-state index in [0.29, 0.717) is 21.5 Å². The van der Waals surface area contributed by atoms with Gasteiger partial charge in [-0.25, -0.2) is 8.42 Å². The fraction of sp³-hybridized carbons (Fsp3) is 0.185. The van der Waals surface area contributed by atoms with Crippen molar-refractivity contribution in [3.63, 3.8) is 0 Å². The fourth-order valence-electron chi connectivity index (χ4n) is 4.99. The molecule has 5 rings (SSSR count). The number of aromatic hydroxyl groups is 1. The number of thiocarbonyl (C=S) groups is 1. The van der Waals surface area contributed by atoms with Crippen LogP contribution in [0, 0.1) is 13.8 Å². The molecule has 2 aromatic heterocycles. The van der Waals surface area contributed by atoms with E-state index in [1.807, 2.05) is 53.6 Å². The van der Waals surface area contributed by atoms with E-state index < -0.39 is 10.0 Å². The monoisotopic (exact) mass is 567 g/mol. The van der Waals surface area contributed by atoms with Gasteiger partial charge in [-0.15, -0.1) is 0 Å². The maximum atomic E-state index is 11.7. The average molecular weight is 568 g/mol. The van der Waals surface area contributed by atoms with Gasteiger partial charge in [0, 0.05) is 34.0 Å². The lowest BCUT2D eigenvalue weighted by Crippen LogP contribution is -2.29. The molecule has 0 saturated carbocycles. The number of hydrogen-bond acceptors (Lipinski definition) is 5. The molecule has 0 aliphatic carbocycles. The standard InChI is InChI=1S/C27H26ClN5O3S2/c1-16-14-21(17(2)32(16)23-15-18(28)7-12-24(23)34)26-25(22-6-4-5-13-29-22)30-27(37)33(26)20-10-8-19(9-11-20)31-38(3,35)36/h4-15,25-26,31,34H,1-3H3,(H,30,37)/t25-,26-/m1/s1. The maximum absolute atomic E-state index is 11.7. The highest BCUT2D eigenvalue weighted by Crippen LogP contribution is 2.44. The number of aromatic nitrogens is 2. The van der Waals surface area contributed by atoms with Crippen molar-refractivity contribution in [2.45, 2.75) is 25.9 Å². The minimum atomic E-state index is -3.40. The van der Waals surface area contributed by atoms with Crippen LogP contribution in [0.2, 0.25) is 5.02 Å². The Morgan fingerprint density at radius 2 is 1.82 bits per heavy atom. The van der Waals surface area contributed by atoms with Gasteiger partial charge in [-0.2, -0.15) is 0 Å². The normalized spacial score (nSPS) is 17.5. The van der Waals surface area contributed by atoms with Crippen LogP contribution in [0.1, 0.15) is 34.7 Å². The fourth-order valence-corrected chi connectivity index (χ4v) is 6.06. The quantitative estimate of drug-likeness (QED) is 0.268. The van der Waals surface area contributed by atoms with Crippen LogP contribution in [0.25, 0.3) is 5.69 Å². The van der Waals surface area contributed by atoms with E-state index in [1.165, 1.54) is 0 Å². The number of nitrogens with zero attached hydrogens (tertiary/aromatic N) is 3. The summed E-state index contributed by atoms with van der Waals surface area (Å²) in [5.41, 5.74) is 5.49. The van der Waals surface area contributed by atoms with Crippen LogP contribution in [0.4, 0.5) is 11.4 Å². The summed E-state index contributed by atoms with van der Waals surface area (Å²) in [7, 11) is -3.40. The Balaban J connectivity index is 1.65. The van der Waals surface area contributed by atoms with E-state index in [0.717, 1.165) is 34.6 Å². The number of hydrogen-bond donors (Lipinski definition) is 3. The zero-order valence-corrected chi connectivity index (χ0v) is 23.3. The average Bonchev–Trinajstić information content (AvgIpc) is 3.36. The molecule has 2 aromatic carbocycles. The van der Waals surface area contributed by atoms with E-state index in [-0.39, 0.29) is 17.8 Å². The van der Waals surface area contributed by atoms with Gasteiger partial charge in [0.1, 0.15) is 5.75 Å². The Kier molecular flexibility index (Phi) is 6.81. The van der Waals surface area contributed by atoms with Crippen LogP contribution >= 0.6 is 23.8 Å². The molecule has 3 N–H and O–H groups in total. The van der Waals surface area contributed by atoms with Gasteiger partial charge in [0.05, 0.1) is 29.7 Å². The maximum Gasteiger partial charge on any atom is 0.229 e. The first-order valence-electron chi connectivity index (χ1n) is 11.8. The number of phenols is 1. The highest BCUT2D eigenvalue weighted by Gasteiger charge is 2.42. The van der Waals surface area contributed by atoms with E-state index in [9.17, 15) is 13.5 Å². The van der Waals surface area contributed by atoms with E-state index in [2.05, 4.69) is 21.1 Å². The third kappa shape index (κ3) is 4.94. The molecule has 11 heteroatoms. The van der Waals surface area contributed by atoms with Crippen LogP contribution in [0.3, 0.4) is 0 Å². The van der Waals surface area contributed by atoms with Gasteiger partial charge >= 0.3 is 0 Å². The molecule has 0 unspecified atom stereocenters. The van der Waals surface area contributed by atoms with E-state index >= 15 is 0 Å². The Hall–Kier alpha value is -3.60. The number of halogens is 1. The summed E-state index contributed by atoms with van der Waals surface area (Å²) < 4.78 is 27.8. The number of sulfonamides is 1. The summed E-state index contributed by atoms with van der Waals surface area (Å²) in [6.07, 6.45) is 2.86. The zero-order chi connectivity index (χ0) is 27.2. The van der Waals surface area contributed by atoms with Crippen molar-refractivity contribution in [1.29, 1.82) is 0 Å². The molecule has 8 nitrogen and oxygen atoms in total. The number of phenolic OH excluding ortho intramolecular Hbond substituents is 1. The highest BCUT2D eigenvalue weighted by atomic mass is 35.5. The topological polar surface area (TPSA) is 99.5 Å². The number of benzene rings is 2. The lowest BCUT2D eigenvalue weighted by molar-refractivity contribution is 0.471. The SMILES string of the molecule is Cc1cc([C@@H]2[C@@H](c3ccccn3)NC(=S)N2c2ccc(NS(C)(=O)=O)cc2)c(C)n1-c1cc(Cl)ccc1O. The summed E-state index contributed by atoms with van der Waals surface area (Å²) in [6, 6.07) is 19.3. The van der Waals surface area contributed by atoms with Gasteiger partial charge in [0.2, 0.25) is 10.0 Å². The molecule has 0 spiro atoms. The summed E-state index contributed by atoms with van der Waals surface area (Å²) in [6.45, 7) is 3.97. The van der Waals surface area contributed by atoms with Crippen molar-refractivity contribution in [2.75, 3.05) is 15.9 Å². The molecule has 3 heterocycles. The predicted molar refractivity (Wildman–Crippen MR) is 155 cm³/mol. The Labute approximate surface area is 232 Å². The number of rotatable bonds is 6. The van der Waals surface area contributed by atoms with Crippen LogP contribution in [-0.2, 0) is 10.0 Å². The highest BCUT2D eigenvalue weighted by molar-refractivity contribution is 7.92. The van der Waals surface area contributed by atoms with Crippen LogP contribution in [0.15, 0.2) is 72.9 Å². The minimum absolute atomic E-state index is 0.120. The lowest BCUT2D eigenvalue weighted by atomic mass is 9.96. The Morgan fingerprint density at radius 3 is 2.47 bits per heavy atom. The molecule has 38 heavy (non-hydrogen) atoms. The van der Waals surface area contributed by atoms with Crippen molar-refractivity contribution < 1.29 is 13.5 Å². The second kappa shape index (κ2) is 9.94. The Morgan fingerprint density at radius 1 is 1.08 bits per heavy atom. The van der Waals surface area contributed by atoms with Gasteiger partial charge in [-0.1, -0.05) is 17.7 Å². The molecule has 0 amide bonds. The van der Waals surface area contributed by atoms with Gasteiger partial charge in [0.25, 0.3) is 0 Å². The smallest absolute Gasteiger partial charge is 0.229 e. The molecular weight excluding hydrogens is 542 g/mol. The van der Waals surface area contributed by atoms with Crippen molar-refractivity contribution >= 4 is 50.3 Å². The summed E-state index contributed by atoms with van der Waals surface area (Å²) in [5, 5.41) is 15.1. The number of aryl methyl sites for hydroxylation is 1. The second-order valence-electron chi connectivity index (χ2n) is 9.21. The van der Waals surface area contributed by atoms with Crippen molar-refractivity contribution in [3.05, 3.63) is 101 Å². The van der Waals surface area contributed by atoms with E-state index in [1.54, 1.807) is 36.5 Å². The van der Waals surface area contributed by atoms with Crippen molar-refractivity contribution in [1.82, 2.24) is 14.9 Å². The third-order valence-corrected chi connectivity index (χ3v) is 7.67. The molecule has 4 aromatic rings. The minimum Gasteiger partial charge on any atom is -0.506 e. The molecular formula is C27H26ClN5O3S2. The first kappa shape index (κ1) is 26.0. The van der Waals surface area contributed by atoms with Gasteiger partial charge in [-0.3, -0.25) is 9.71 Å². The van der Waals surface area contributed by atoms with Gasteiger partial charge in [0.15, 0.2) is 5.11 Å². The summed E-state index contributed by atoms with van der Waals surface area (Å²) >= 11 is 12.1. The van der Waals surface area contributed by atoms with Gasteiger partial charge in [-0.05, 0) is 92.3 Å². The molecule has 1 saturated heterocycles. The summed E-state index contributed by atoms with van der Waals surface area (Å²) in [4.78, 5) is 6.62. The Bertz CT molecular complexity index is 1620. The number of pyridine rings is 1. The van der Waals surface area contributed by atoms with Crippen LogP contribution < -0.4 is 14.9 Å². The van der Waals surface area contributed by atoms with Crippen LogP contribution in [0.5, 0.6) is 5.75 Å². The molecule has 0 radical (unpaired) electrons. The molecule has 196 valence electrons.